The molecule has 0 saturated heterocycles. The molecule has 36 heavy (non-hydrogen) atoms. The largest absolute Gasteiger partial charge is 0.476 e. The number of benzene rings is 2. The molecule has 0 bridgehead atoms. The first-order valence-electron chi connectivity index (χ1n) is 11.7. The van der Waals surface area contributed by atoms with E-state index in [0.717, 1.165) is 48.5 Å². The first-order chi connectivity index (χ1) is 17.3. The van der Waals surface area contributed by atoms with Gasteiger partial charge >= 0.3 is 5.97 Å². The standard InChI is InChI=1S/C25H28N4O6S/c30-23(29(20-12-6-2-7-13-20)35-18-19-10-4-1-5-11-19)17-28-24(25(31)32)22(16-26-28)27-36(33,34)21-14-8-3-9-15-21/h1,3-5,8-11,14-16,20,27H,2,6-7,12-13,17-18H2,(H,31,32). The summed E-state index contributed by atoms with van der Waals surface area (Å²) in [5, 5.41) is 15.2. The number of carbonyl (C=O) groups excluding carboxylic acids is 1. The molecule has 3 aromatic rings. The molecule has 190 valence electrons. The van der Waals surface area contributed by atoms with Gasteiger partial charge in [-0.1, -0.05) is 67.8 Å². The normalized spacial score (nSPS) is 14.3. The fraction of sp³-hybridized carbons (Fsp3) is 0.320. The van der Waals surface area contributed by atoms with Crippen molar-refractivity contribution in [3.05, 3.63) is 78.1 Å². The van der Waals surface area contributed by atoms with Gasteiger partial charge in [-0.2, -0.15) is 5.10 Å². The second-order valence-electron chi connectivity index (χ2n) is 8.56. The zero-order chi connectivity index (χ0) is 25.5. The van der Waals surface area contributed by atoms with Gasteiger partial charge in [-0.25, -0.2) is 23.0 Å². The number of anilines is 1. The molecule has 1 heterocycles. The van der Waals surface area contributed by atoms with Gasteiger partial charge in [0.25, 0.3) is 15.9 Å². The highest BCUT2D eigenvalue weighted by atomic mass is 32.2. The predicted octanol–water partition coefficient (Wildman–Crippen LogP) is 3.68. The molecule has 1 fully saturated rings. The highest BCUT2D eigenvalue weighted by Crippen LogP contribution is 2.25. The fourth-order valence-corrected chi connectivity index (χ4v) is 5.29. The summed E-state index contributed by atoms with van der Waals surface area (Å²) in [6, 6.07) is 16.9. The number of aromatic nitrogens is 2. The molecule has 0 unspecified atom stereocenters. The fourth-order valence-electron chi connectivity index (χ4n) is 4.22. The van der Waals surface area contributed by atoms with Crippen LogP contribution in [0.5, 0.6) is 0 Å². The number of amides is 1. The van der Waals surface area contributed by atoms with Gasteiger partial charge in [0.15, 0.2) is 5.69 Å². The second-order valence-corrected chi connectivity index (χ2v) is 10.2. The van der Waals surface area contributed by atoms with E-state index in [2.05, 4.69) is 9.82 Å². The number of hydrogen-bond donors (Lipinski definition) is 2. The SMILES string of the molecule is O=C(O)c1c(NS(=O)(=O)c2ccccc2)cnn1CC(=O)N(OCc1ccccc1)C1CCCCC1. The Balaban J connectivity index is 1.54. The zero-order valence-corrected chi connectivity index (χ0v) is 20.4. The summed E-state index contributed by atoms with van der Waals surface area (Å²) in [7, 11) is -4.04. The van der Waals surface area contributed by atoms with E-state index in [1.54, 1.807) is 18.2 Å². The van der Waals surface area contributed by atoms with Crippen molar-refractivity contribution in [3.8, 4) is 0 Å². The van der Waals surface area contributed by atoms with Crippen LogP contribution in [0, 0.1) is 0 Å². The van der Waals surface area contributed by atoms with E-state index in [1.165, 1.54) is 17.2 Å². The van der Waals surface area contributed by atoms with Crippen molar-refractivity contribution in [2.75, 3.05) is 4.72 Å². The molecule has 2 N–H and O–H groups in total. The summed E-state index contributed by atoms with van der Waals surface area (Å²) in [4.78, 5) is 31.3. The van der Waals surface area contributed by atoms with Crippen molar-refractivity contribution in [2.24, 2.45) is 0 Å². The molecule has 1 aliphatic carbocycles. The quantitative estimate of drug-likeness (QED) is 0.396. The van der Waals surface area contributed by atoms with Crippen LogP contribution in [-0.2, 0) is 32.8 Å². The Hall–Kier alpha value is -3.70. The first-order valence-corrected chi connectivity index (χ1v) is 13.2. The molecule has 0 spiro atoms. The Kier molecular flexibility index (Phi) is 8.01. The third kappa shape index (κ3) is 6.10. The summed E-state index contributed by atoms with van der Waals surface area (Å²) < 4.78 is 28.7. The summed E-state index contributed by atoms with van der Waals surface area (Å²) >= 11 is 0. The molecule has 2 aromatic carbocycles. The van der Waals surface area contributed by atoms with Crippen LogP contribution in [-0.4, -0.2) is 46.3 Å². The number of hydroxylamine groups is 2. The predicted molar refractivity (Wildman–Crippen MR) is 131 cm³/mol. The van der Waals surface area contributed by atoms with E-state index in [9.17, 15) is 23.1 Å². The summed E-state index contributed by atoms with van der Waals surface area (Å²) in [5.41, 5.74) is 0.233. The lowest BCUT2D eigenvalue weighted by Gasteiger charge is -2.33. The van der Waals surface area contributed by atoms with Gasteiger partial charge in [-0.15, -0.1) is 0 Å². The lowest BCUT2D eigenvalue weighted by molar-refractivity contribution is -0.210. The van der Waals surface area contributed by atoms with Crippen LogP contribution in [0.4, 0.5) is 5.69 Å². The Morgan fingerprint density at radius 2 is 1.67 bits per heavy atom. The smallest absolute Gasteiger partial charge is 0.356 e. The van der Waals surface area contributed by atoms with E-state index < -0.39 is 34.1 Å². The Bertz CT molecular complexity index is 1290. The van der Waals surface area contributed by atoms with Gasteiger partial charge in [0.2, 0.25) is 0 Å². The number of nitrogens with zero attached hydrogens (tertiary/aromatic N) is 3. The van der Waals surface area contributed by atoms with Crippen LogP contribution in [0.3, 0.4) is 0 Å². The number of carbonyl (C=O) groups is 2. The molecular weight excluding hydrogens is 484 g/mol. The maximum atomic E-state index is 13.3. The molecule has 0 atom stereocenters. The van der Waals surface area contributed by atoms with Crippen molar-refractivity contribution < 1.29 is 28.0 Å². The Labute approximate surface area is 209 Å². The minimum Gasteiger partial charge on any atom is -0.476 e. The van der Waals surface area contributed by atoms with Gasteiger partial charge in [0, 0.05) is 0 Å². The summed E-state index contributed by atoms with van der Waals surface area (Å²) in [5.74, 6) is -1.87. The van der Waals surface area contributed by atoms with E-state index in [-0.39, 0.29) is 23.2 Å². The lowest BCUT2D eigenvalue weighted by Crippen LogP contribution is -2.43. The third-order valence-electron chi connectivity index (χ3n) is 5.99. The van der Waals surface area contributed by atoms with Gasteiger partial charge in [-0.05, 0) is 30.5 Å². The van der Waals surface area contributed by atoms with Crippen molar-refractivity contribution in [1.29, 1.82) is 0 Å². The molecule has 0 aliphatic heterocycles. The maximum Gasteiger partial charge on any atom is 0.356 e. The average Bonchev–Trinajstić information content (AvgIpc) is 3.27. The van der Waals surface area contributed by atoms with Crippen molar-refractivity contribution in [3.63, 3.8) is 0 Å². The summed E-state index contributed by atoms with van der Waals surface area (Å²) in [6.45, 7) is -0.226. The molecule has 1 saturated carbocycles. The van der Waals surface area contributed by atoms with E-state index >= 15 is 0 Å². The number of hydrogen-bond acceptors (Lipinski definition) is 6. The number of carboxylic acid groups (broad SMARTS) is 1. The molecule has 4 rings (SSSR count). The third-order valence-corrected chi connectivity index (χ3v) is 7.37. The number of rotatable bonds is 10. The summed E-state index contributed by atoms with van der Waals surface area (Å²) in [6.07, 6.45) is 5.69. The second kappa shape index (κ2) is 11.4. The maximum absolute atomic E-state index is 13.3. The Morgan fingerprint density at radius 3 is 2.31 bits per heavy atom. The molecule has 1 amide bonds. The number of aromatic carboxylic acids is 1. The number of sulfonamides is 1. The van der Waals surface area contributed by atoms with Crippen LogP contribution in [0.1, 0.15) is 48.2 Å². The van der Waals surface area contributed by atoms with Crippen LogP contribution in [0.2, 0.25) is 0 Å². The van der Waals surface area contributed by atoms with Crippen molar-refractivity contribution in [2.45, 2.75) is 56.2 Å². The van der Waals surface area contributed by atoms with E-state index in [1.807, 2.05) is 30.3 Å². The first kappa shape index (κ1) is 25.4. The van der Waals surface area contributed by atoms with Crippen LogP contribution in [0.25, 0.3) is 0 Å². The minimum absolute atomic E-state index is 0.0250. The number of carboxylic acids is 1. The minimum atomic E-state index is -4.04. The molecule has 10 nitrogen and oxygen atoms in total. The van der Waals surface area contributed by atoms with E-state index in [0.29, 0.717) is 0 Å². The Morgan fingerprint density at radius 1 is 1.03 bits per heavy atom. The highest BCUT2D eigenvalue weighted by molar-refractivity contribution is 7.92. The zero-order valence-electron chi connectivity index (χ0n) is 19.6. The molecule has 11 heteroatoms. The van der Waals surface area contributed by atoms with Gasteiger partial charge in [0.05, 0.1) is 17.1 Å². The van der Waals surface area contributed by atoms with Crippen LogP contribution < -0.4 is 4.72 Å². The van der Waals surface area contributed by atoms with Gasteiger partial charge in [-0.3, -0.25) is 14.4 Å². The lowest BCUT2D eigenvalue weighted by atomic mass is 9.95. The van der Waals surface area contributed by atoms with Crippen LogP contribution >= 0.6 is 0 Å². The molecule has 1 aliphatic rings. The molecule has 1 aromatic heterocycles. The average molecular weight is 513 g/mol. The van der Waals surface area contributed by atoms with Gasteiger partial charge < -0.3 is 5.11 Å². The topological polar surface area (TPSA) is 131 Å². The monoisotopic (exact) mass is 512 g/mol. The van der Waals surface area contributed by atoms with E-state index in [4.69, 9.17) is 4.84 Å². The van der Waals surface area contributed by atoms with Crippen LogP contribution in [0.15, 0.2) is 71.8 Å². The van der Waals surface area contributed by atoms with Crippen molar-refractivity contribution >= 4 is 27.6 Å². The van der Waals surface area contributed by atoms with Crippen molar-refractivity contribution in [1.82, 2.24) is 14.8 Å². The molecule has 0 radical (unpaired) electrons. The highest BCUT2D eigenvalue weighted by Gasteiger charge is 2.30. The molecular formula is C25H28N4O6S. The van der Waals surface area contributed by atoms with Gasteiger partial charge in [0.1, 0.15) is 18.8 Å². The number of nitrogens with one attached hydrogen (secondary N) is 1.